The van der Waals surface area contributed by atoms with Gasteiger partial charge in [-0.2, -0.15) is 0 Å². The molecule has 1 aromatic carbocycles. The highest BCUT2D eigenvalue weighted by Gasteiger charge is 2.10. The van der Waals surface area contributed by atoms with Crippen LogP contribution in [0.4, 0.5) is 0 Å². The van der Waals surface area contributed by atoms with Gasteiger partial charge in [0.05, 0.1) is 0 Å². The fourth-order valence-electron chi connectivity index (χ4n) is 1.88. The molecular formula is C13H12N2O. The third kappa shape index (κ3) is 1.77. The third-order valence-electron chi connectivity index (χ3n) is 2.69. The number of fused-ring (bicyclic) bond motifs is 1. The summed E-state index contributed by atoms with van der Waals surface area (Å²) in [7, 11) is 0. The summed E-state index contributed by atoms with van der Waals surface area (Å²) in [5.74, 6) is 1.70. The van der Waals surface area contributed by atoms with E-state index in [-0.39, 0.29) is 0 Å². The van der Waals surface area contributed by atoms with Gasteiger partial charge in [0, 0.05) is 25.5 Å². The molecule has 0 amide bonds. The SMILES string of the molecule is c1cc(Oc2ccc3c(c2)CNC3)ccn1. The van der Waals surface area contributed by atoms with Gasteiger partial charge in [-0.25, -0.2) is 0 Å². The van der Waals surface area contributed by atoms with Crippen molar-refractivity contribution in [1.29, 1.82) is 0 Å². The number of rotatable bonds is 2. The molecule has 2 aromatic rings. The van der Waals surface area contributed by atoms with Crippen molar-refractivity contribution in [3.8, 4) is 11.5 Å². The summed E-state index contributed by atoms with van der Waals surface area (Å²) in [6.07, 6.45) is 3.45. The Morgan fingerprint density at radius 3 is 2.62 bits per heavy atom. The Labute approximate surface area is 94.1 Å². The van der Waals surface area contributed by atoms with E-state index >= 15 is 0 Å². The lowest BCUT2D eigenvalue weighted by Crippen LogP contribution is -1.99. The molecule has 1 aliphatic heterocycles. The van der Waals surface area contributed by atoms with E-state index in [2.05, 4.69) is 22.4 Å². The topological polar surface area (TPSA) is 34.1 Å². The Bertz CT molecular complexity index is 497. The van der Waals surface area contributed by atoms with Gasteiger partial charge in [0.15, 0.2) is 0 Å². The average Bonchev–Trinajstić information content (AvgIpc) is 2.77. The van der Waals surface area contributed by atoms with Crippen LogP contribution in [0.1, 0.15) is 11.1 Å². The molecule has 0 fully saturated rings. The van der Waals surface area contributed by atoms with Crippen molar-refractivity contribution in [2.45, 2.75) is 13.1 Å². The second-order valence-electron chi connectivity index (χ2n) is 3.82. The molecule has 1 N–H and O–H groups in total. The number of aromatic nitrogens is 1. The minimum Gasteiger partial charge on any atom is -0.457 e. The highest BCUT2D eigenvalue weighted by molar-refractivity contribution is 5.39. The van der Waals surface area contributed by atoms with E-state index in [1.165, 1.54) is 11.1 Å². The van der Waals surface area contributed by atoms with E-state index in [0.29, 0.717) is 0 Å². The molecule has 1 aromatic heterocycles. The van der Waals surface area contributed by atoms with Gasteiger partial charge in [-0.3, -0.25) is 4.98 Å². The lowest BCUT2D eigenvalue weighted by Gasteiger charge is -2.06. The first kappa shape index (κ1) is 9.36. The average molecular weight is 212 g/mol. The molecule has 0 aliphatic carbocycles. The van der Waals surface area contributed by atoms with E-state index in [9.17, 15) is 0 Å². The molecule has 0 radical (unpaired) electrons. The van der Waals surface area contributed by atoms with Crippen molar-refractivity contribution in [2.75, 3.05) is 0 Å². The third-order valence-corrected chi connectivity index (χ3v) is 2.69. The molecule has 80 valence electrons. The Morgan fingerprint density at radius 1 is 0.938 bits per heavy atom. The molecule has 16 heavy (non-hydrogen) atoms. The van der Waals surface area contributed by atoms with Crippen LogP contribution in [0.5, 0.6) is 11.5 Å². The van der Waals surface area contributed by atoms with E-state index in [4.69, 9.17) is 4.74 Å². The standard InChI is InChI=1S/C13H12N2O/c1-2-13(7-11-9-15-8-10(1)11)16-12-3-5-14-6-4-12/h1-7,15H,8-9H2. The Morgan fingerprint density at radius 2 is 1.75 bits per heavy atom. The highest BCUT2D eigenvalue weighted by Crippen LogP contribution is 2.25. The first-order chi connectivity index (χ1) is 7.92. The van der Waals surface area contributed by atoms with Crippen molar-refractivity contribution in [2.24, 2.45) is 0 Å². The normalized spacial score (nSPS) is 13.5. The predicted molar refractivity (Wildman–Crippen MR) is 61.3 cm³/mol. The van der Waals surface area contributed by atoms with Crippen LogP contribution < -0.4 is 10.1 Å². The Kier molecular flexibility index (Phi) is 2.31. The van der Waals surface area contributed by atoms with Crippen LogP contribution in [0, 0.1) is 0 Å². The summed E-state index contributed by atoms with van der Waals surface area (Å²) in [5.41, 5.74) is 2.69. The van der Waals surface area contributed by atoms with Gasteiger partial charge in [0.2, 0.25) is 0 Å². The summed E-state index contributed by atoms with van der Waals surface area (Å²) < 4.78 is 5.74. The predicted octanol–water partition coefficient (Wildman–Crippen LogP) is 2.48. The van der Waals surface area contributed by atoms with E-state index < -0.39 is 0 Å². The molecule has 0 unspecified atom stereocenters. The Balaban J connectivity index is 1.86. The van der Waals surface area contributed by atoms with Gasteiger partial charge in [-0.1, -0.05) is 6.07 Å². The maximum Gasteiger partial charge on any atom is 0.130 e. The van der Waals surface area contributed by atoms with Crippen LogP contribution in [0.15, 0.2) is 42.7 Å². The molecule has 0 saturated carbocycles. The van der Waals surface area contributed by atoms with Crippen molar-refractivity contribution in [3.63, 3.8) is 0 Å². The maximum absolute atomic E-state index is 5.74. The summed E-state index contributed by atoms with van der Waals surface area (Å²) in [5, 5.41) is 3.31. The molecule has 3 nitrogen and oxygen atoms in total. The number of nitrogens with zero attached hydrogens (tertiary/aromatic N) is 1. The number of pyridine rings is 1. The fourth-order valence-corrected chi connectivity index (χ4v) is 1.88. The van der Waals surface area contributed by atoms with Gasteiger partial charge in [0.25, 0.3) is 0 Å². The van der Waals surface area contributed by atoms with Crippen LogP contribution in [0.3, 0.4) is 0 Å². The lowest BCUT2D eigenvalue weighted by molar-refractivity contribution is 0.481. The van der Waals surface area contributed by atoms with Gasteiger partial charge in [0.1, 0.15) is 11.5 Å². The molecule has 0 atom stereocenters. The summed E-state index contributed by atoms with van der Waals surface area (Å²) in [6, 6.07) is 9.92. The second kappa shape index (κ2) is 3.94. The van der Waals surface area contributed by atoms with Crippen LogP contribution in [0.25, 0.3) is 0 Å². The number of nitrogens with one attached hydrogen (secondary N) is 1. The molecular weight excluding hydrogens is 200 g/mol. The smallest absolute Gasteiger partial charge is 0.130 e. The van der Waals surface area contributed by atoms with Crippen LogP contribution >= 0.6 is 0 Å². The fraction of sp³-hybridized carbons (Fsp3) is 0.154. The first-order valence-electron chi connectivity index (χ1n) is 5.32. The van der Waals surface area contributed by atoms with Gasteiger partial charge in [-0.15, -0.1) is 0 Å². The number of hydrogen-bond acceptors (Lipinski definition) is 3. The molecule has 0 spiro atoms. The van der Waals surface area contributed by atoms with Gasteiger partial charge in [-0.05, 0) is 35.4 Å². The van der Waals surface area contributed by atoms with Crippen LogP contribution in [-0.4, -0.2) is 4.98 Å². The molecule has 0 bridgehead atoms. The molecule has 3 rings (SSSR count). The highest BCUT2D eigenvalue weighted by atomic mass is 16.5. The van der Waals surface area contributed by atoms with Crippen molar-refractivity contribution >= 4 is 0 Å². The van der Waals surface area contributed by atoms with E-state index in [1.54, 1.807) is 12.4 Å². The van der Waals surface area contributed by atoms with Crippen LogP contribution in [0.2, 0.25) is 0 Å². The van der Waals surface area contributed by atoms with Gasteiger partial charge < -0.3 is 10.1 Å². The van der Waals surface area contributed by atoms with Gasteiger partial charge >= 0.3 is 0 Å². The first-order valence-corrected chi connectivity index (χ1v) is 5.32. The van der Waals surface area contributed by atoms with E-state index in [1.807, 2.05) is 18.2 Å². The zero-order chi connectivity index (χ0) is 10.8. The number of benzene rings is 1. The number of hydrogen-bond donors (Lipinski definition) is 1. The molecule has 2 heterocycles. The molecule has 0 saturated heterocycles. The second-order valence-corrected chi connectivity index (χ2v) is 3.82. The summed E-state index contributed by atoms with van der Waals surface area (Å²) in [4.78, 5) is 3.95. The molecule has 3 heteroatoms. The minimum absolute atomic E-state index is 0.820. The monoisotopic (exact) mass is 212 g/mol. The maximum atomic E-state index is 5.74. The largest absolute Gasteiger partial charge is 0.457 e. The lowest BCUT2D eigenvalue weighted by atomic mass is 10.1. The zero-order valence-corrected chi connectivity index (χ0v) is 8.81. The number of ether oxygens (including phenoxy) is 1. The Hall–Kier alpha value is -1.87. The summed E-state index contributed by atoms with van der Waals surface area (Å²) in [6.45, 7) is 1.90. The minimum atomic E-state index is 0.820. The van der Waals surface area contributed by atoms with Crippen molar-refractivity contribution in [3.05, 3.63) is 53.9 Å². The van der Waals surface area contributed by atoms with Crippen molar-refractivity contribution < 1.29 is 4.74 Å². The quantitative estimate of drug-likeness (QED) is 0.830. The van der Waals surface area contributed by atoms with E-state index in [0.717, 1.165) is 24.6 Å². The van der Waals surface area contributed by atoms with Crippen molar-refractivity contribution in [1.82, 2.24) is 10.3 Å². The zero-order valence-electron chi connectivity index (χ0n) is 8.81. The summed E-state index contributed by atoms with van der Waals surface area (Å²) >= 11 is 0. The molecule has 1 aliphatic rings. The van der Waals surface area contributed by atoms with Crippen LogP contribution in [-0.2, 0) is 13.1 Å².